The van der Waals surface area contributed by atoms with E-state index in [-0.39, 0.29) is 5.88 Å². The molecule has 1 aromatic heterocycles. The lowest BCUT2D eigenvalue weighted by Gasteiger charge is -2.13. The molecule has 0 fully saturated rings. The van der Waals surface area contributed by atoms with Gasteiger partial charge in [0.15, 0.2) is 11.5 Å². The highest BCUT2D eigenvalue weighted by Crippen LogP contribution is 2.40. The highest BCUT2D eigenvalue weighted by Gasteiger charge is 2.16. The van der Waals surface area contributed by atoms with Gasteiger partial charge in [0.1, 0.15) is 11.4 Å². The minimum atomic E-state index is 0.242. The van der Waals surface area contributed by atoms with E-state index in [1.54, 1.807) is 32.4 Å². The summed E-state index contributed by atoms with van der Waals surface area (Å²) in [5.74, 6) is 2.06. The Morgan fingerprint density at radius 2 is 1.84 bits per heavy atom. The summed E-state index contributed by atoms with van der Waals surface area (Å²) in [6.07, 6.45) is 0. The van der Waals surface area contributed by atoms with Crippen molar-refractivity contribution in [2.75, 3.05) is 26.6 Å². The minimum Gasteiger partial charge on any atom is -0.496 e. The summed E-state index contributed by atoms with van der Waals surface area (Å²) in [7, 11) is 3.15. The Bertz CT molecular complexity index is 566. The normalized spacial score (nSPS) is 10.3. The van der Waals surface area contributed by atoms with Crippen molar-refractivity contribution in [1.29, 1.82) is 0 Å². The first-order valence-electron chi connectivity index (χ1n) is 5.81. The molecule has 6 heteroatoms. The molecule has 2 aromatic rings. The second kappa shape index (κ2) is 5.51. The zero-order valence-corrected chi connectivity index (χ0v) is 11.1. The maximum Gasteiger partial charge on any atom is 0.222 e. The summed E-state index contributed by atoms with van der Waals surface area (Å²) < 4.78 is 21.0. The Balaban J connectivity index is 2.55. The number of nitrogen functional groups attached to an aromatic ring is 1. The molecule has 19 heavy (non-hydrogen) atoms. The molecule has 0 unspecified atom stereocenters. The molecule has 2 rings (SSSR count). The van der Waals surface area contributed by atoms with E-state index < -0.39 is 0 Å². The zero-order valence-electron chi connectivity index (χ0n) is 11.1. The first-order chi connectivity index (χ1) is 9.19. The quantitative estimate of drug-likeness (QED) is 0.892. The Morgan fingerprint density at radius 1 is 1.11 bits per heavy atom. The van der Waals surface area contributed by atoms with E-state index in [0.29, 0.717) is 29.5 Å². The van der Waals surface area contributed by atoms with Gasteiger partial charge in [0.2, 0.25) is 5.88 Å². The number of hydrogen-bond donors (Lipinski definition) is 1. The summed E-state index contributed by atoms with van der Waals surface area (Å²) >= 11 is 0. The summed E-state index contributed by atoms with van der Waals surface area (Å²) in [4.78, 5) is 0. The van der Waals surface area contributed by atoms with E-state index in [1.165, 1.54) is 0 Å². The molecule has 0 bridgehead atoms. The Hall–Kier alpha value is -2.37. The SMILES string of the molecule is CCOc1cc(-c2cc(N)on2)c(OC)cc1OC. The van der Waals surface area contributed by atoms with Crippen LogP contribution in [-0.2, 0) is 0 Å². The van der Waals surface area contributed by atoms with E-state index in [4.69, 9.17) is 24.5 Å². The first kappa shape index (κ1) is 13.1. The van der Waals surface area contributed by atoms with Gasteiger partial charge >= 0.3 is 0 Å². The number of aromatic nitrogens is 1. The van der Waals surface area contributed by atoms with Crippen LogP contribution in [0, 0.1) is 0 Å². The van der Waals surface area contributed by atoms with Crippen LogP contribution in [0.5, 0.6) is 17.2 Å². The molecule has 0 aliphatic heterocycles. The van der Waals surface area contributed by atoms with Crippen molar-refractivity contribution in [3.63, 3.8) is 0 Å². The average Bonchev–Trinajstić information content (AvgIpc) is 2.85. The number of ether oxygens (including phenoxy) is 3. The maximum absolute atomic E-state index is 5.53. The maximum atomic E-state index is 5.53. The number of nitrogens with two attached hydrogens (primary N) is 1. The third-order valence-corrected chi connectivity index (χ3v) is 2.59. The molecule has 2 N–H and O–H groups in total. The average molecular weight is 264 g/mol. The molecule has 0 aliphatic carbocycles. The Morgan fingerprint density at radius 3 is 2.37 bits per heavy atom. The Kier molecular flexibility index (Phi) is 3.79. The van der Waals surface area contributed by atoms with Crippen molar-refractivity contribution < 1.29 is 18.7 Å². The number of anilines is 1. The van der Waals surface area contributed by atoms with E-state index in [9.17, 15) is 0 Å². The van der Waals surface area contributed by atoms with Crippen LogP contribution in [0.15, 0.2) is 22.7 Å². The zero-order chi connectivity index (χ0) is 13.8. The van der Waals surface area contributed by atoms with Gasteiger partial charge in [-0.25, -0.2) is 0 Å². The molecule has 0 spiro atoms. The molecular formula is C13H16N2O4. The van der Waals surface area contributed by atoms with Gasteiger partial charge in [-0.15, -0.1) is 0 Å². The van der Waals surface area contributed by atoms with E-state index >= 15 is 0 Å². The second-order valence-corrected chi connectivity index (χ2v) is 3.75. The van der Waals surface area contributed by atoms with E-state index in [2.05, 4.69) is 5.16 Å². The van der Waals surface area contributed by atoms with Crippen LogP contribution >= 0.6 is 0 Å². The van der Waals surface area contributed by atoms with Crippen molar-refractivity contribution in [2.45, 2.75) is 6.92 Å². The van der Waals surface area contributed by atoms with Gasteiger partial charge in [-0.3, -0.25) is 0 Å². The van der Waals surface area contributed by atoms with Crippen LogP contribution in [0.1, 0.15) is 6.92 Å². The molecule has 0 aliphatic rings. The van der Waals surface area contributed by atoms with Crippen LogP contribution < -0.4 is 19.9 Å². The fraction of sp³-hybridized carbons (Fsp3) is 0.308. The first-order valence-corrected chi connectivity index (χ1v) is 5.81. The van der Waals surface area contributed by atoms with Gasteiger partial charge in [0.05, 0.1) is 20.8 Å². The Labute approximate surface area is 111 Å². The van der Waals surface area contributed by atoms with Crippen LogP contribution in [-0.4, -0.2) is 26.0 Å². The summed E-state index contributed by atoms with van der Waals surface area (Å²) in [6.45, 7) is 2.43. The summed E-state index contributed by atoms with van der Waals surface area (Å²) in [5, 5.41) is 3.87. The smallest absolute Gasteiger partial charge is 0.222 e. The van der Waals surface area contributed by atoms with Gasteiger partial charge in [-0.1, -0.05) is 5.16 Å². The van der Waals surface area contributed by atoms with Crippen molar-refractivity contribution >= 4 is 5.88 Å². The van der Waals surface area contributed by atoms with Crippen molar-refractivity contribution in [3.05, 3.63) is 18.2 Å². The summed E-state index contributed by atoms with van der Waals surface area (Å²) in [6, 6.07) is 5.16. The minimum absolute atomic E-state index is 0.242. The molecule has 1 aromatic carbocycles. The number of hydrogen-bond acceptors (Lipinski definition) is 6. The van der Waals surface area contributed by atoms with Gasteiger partial charge < -0.3 is 24.5 Å². The third kappa shape index (κ3) is 2.57. The summed E-state index contributed by atoms with van der Waals surface area (Å²) in [5.41, 5.74) is 6.84. The lowest BCUT2D eigenvalue weighted by molar-refractivity contribution is 0.309. The lowest BCUT2D eigenvalue weighted by atomic mass is 10.1. The van der Waals surface area contributed by atoms with Crippen LogP contribution in [0.3, 0.4) is 0 Å². The van der Waals surface area contributed by atoms with Crippen molar-refractivity contribution in [1.82, 2.24) is 5.16 Å². The van der Waals surface area contributed by atoms with Crippen molar-refractivity contribution in [2.24, 2.45) is 0 Å². The van der Waals surface area contributed by atoms with Gasteiger partial charge in [0.25, 0.3) is 0 Å². The van der Waals surface area contributed by atoms with Gasteiger partial charge in [-0.05, 0) is 13.0 Å². The van der Waals surface area contributed by atoms with Crippen LogP contribution in [0.4, 0.5) is 5.88 Å². The lowest BCUT2D eigenvalue weighted by Crippen LogP contribution is -1.98. The molecule has 0 atom stereocenters. The fourth-order valence-corrected chi connectivity index (χ4v) is 1.75. The number of methoxy groups -OCH3 is 2. The molecule has 0 saturated heterocycles. The standard InChI is InChI=1S/C13H16N2O4/c1-4-18-12-5-8(9-6-13(14)19-15-9)10(16-2)7-11(12)17-3/h5-7H,4,14H2,1-3H3. The van der Waals surface area contributed by atoms with Crippen LogP contribution in [0.25, 0.3) is 11.3 Å². The fourth-order valence-electron chi connectivity index (χ4n) is 1.75. The third-order valence-electron chi connectivity index (χ3n) is 2.59. The van der Waals surface area contributed by atoms with E-state index in [1.807, 2.05) is 6.92 Å². The molecule has 0 saturated carbocycles. The topological polar surface area (TPSA) is 79.7 Å². The number of nitrogens with zero attached hydrogens (tertiary/aromatic N) is 1. The van der Waals surface area contributed by atoms with Gasteiger partial charge in [-0.2, -0.15) is 0 Å². The van der Waals surface area contributed by atoms with Gasteiger partial charge in [0, 0.05) is 17.7 Å². The number of rotatable bonds is 5. The molecule has 0 radical (unpaired) electrons. The highest BCUT2D eigenvalue weighted by molar-refractivity contribution is 5.72. The molecular weight excluding hydrogens is 248 g/mol. The predicted molar refractivity (Wildman–Crippen MR) is 70.6 cm³/mol. The monoisotopic (exact) mass is 264 g/mol. The number of benzene rings is 1. The molecule has 1 heterocycles. The largest absolute Gasteiger partial charge is 0.496 e. The molecule has 0 amide bonds. The van der Waals surface area contributed by atoms with E-state index in [0.717, 1.165) is 5.56 Å². The molecule has 6 nitrogen and oxygen atoms in total. The van der Waals surface area contributed by atoms with Crippen molar-refractivity contribution in [3.8, 4) is 28.5 Å². The predicted octanol–water partition coefficient (Wildman–Crippen LogP) is 2.34. The second-order valence-electron chi connectivity index (χ2n) is 3.75. The highest BCUT2D eigenvalue weighted by atomic mass is 16.5. The van der Waals surface area contributed by atoms with Crippen LogP contribution in [0.2, 0.25) is 0 Å². The molecule has 102 valence electrons.